The van der Waals surface area contributed by atoms with Crippen LogP contribution in [-0.2, 0) is 9.53 Å². The SMILES string of the molecule is C=CC(=O)OCC(F)(F)C(C)(C)O. The molecule has 0 atom stereocenters. The highest BCUT2D eigenvalue weighted by molar-refractivity contribution is 5.81. The normalized spacial score (nSPS) is 12.4. The van der Waals surface area contributed by atoms with E-state index in [2.05, 4.69) is 11.3 Å². The van der Waals surface area contributed by atoms with Gasteiger partial charge in [-0.05, 0) is 13.8 Å². The van der Waals surface area contributed by atoms with Gasteiger partial charge in [0.15, 0.2) is 6.61 Å². The minimum absolute atomic E-state index is 0.778. The minimum Gasteiger partial charge on any atom is -0.456 e. The maximum atomic E-state index is 12.9. The standard InChI is InChI=1S/C8H12F2O3/c1-4-6(11)13-5-8(9,10)7(2,3)12/h4,12H,1,5H2,2-3H3. The van der Waals surface area contributed by atoms with Crippen molar-refractivity contribution < 1.29 is 23.4 Å². The minimum atomic E-state index is -3.47. The summed E-state index contributed by atoms with van der Waals surface area (Å²) in [5.41, 5.74) is -2.21. The molecule has 0 saturated heterocycles. The fourth-order valence-corrected chi connectivity index (χ4v) is 0.397. The van der Waals surface area contributed by atoms with Crippen molar-refractivity contribution in [1.29, 1.82) is 0 Å². The Labute approximate surface area is 75.0 Å². The van der Waals surface area contributed by atoms with Gasteiger partial charge < -0.3 is 9.84 Å². The summed E-state index contributed by atoms with van der Waals surface area (Å²) >= 11 is 0. The fraction of sp³-hybridized carbons (Fsp3) is 0.625. The molecule has 0 fully saturated rings. The van der Waals surface area contributed by atoms with Crippen molar-refractivity contribution in [3.8, 4) is 0 Å². The van der Waals surface area contributed by atoms with Crippen molar-refractivity contribution in [2.45, 2.75) is 25.4 Å². The highest BCUT2D eigenvalue weighted by atomic mass is 19.3. The zero-order valence-electron chi connectivity index (χ0n) is 7.51. The van der Waals surface area contributed by atoms with Crippen LogP contribution in [0.25, 0.3) is 0 Å². The molecule has 0 aliphatic rings. The third-order valence-corrected chi connectivity index (χ3v) is 1.46. The van der Waals surface area contributed by atoms with Crippen LogP contribution in [-0.4, -0.2) is 29.2 Å². The third-order valence-electron chi connectivity index (χ3n) is 1.46. The summed E-state index contributed by atoms with van der Waals surface area (Å²) in [4.78, 5) is 10.4. The van der Waals surface area contributed by atoms with E-state index in [0.717, 1.165) is 19.9 Å². The van der Waals surface area contributed by atoms with E-state index in [-0.39, 0.29) is 0 Å². The maximum absolute atomic E-state index is 12.9. The number of halogens is 2. The highest BCUT2D eigenvalue weighted by Crippen LogP contribution is 2.28. The summed E-state index contributed by atoms with van der Waals surface area (Å²) < 4.78 is 29.8. The Hall–Kier alpha value is -0.970. The molecule has 13 heavy (non-hydrogen) atoms. The Morgan fingerprint density at radius 1 is 1.62 bits per heavy atom. The first-order chi connectivity index (χ1) is 5.70. The second-order valence-corrected chi connectivity index (χ2v) is 3.08. The number of carbonyl (C=O) groups excluding carboxylic acids is 1. The predicted octanol–water partition coefficient (Wildman–Crippen LogP) is 1.12. The lowest BCUT2D eigenvalue weighted by Crippen LogP contribution is -2.46. The molecule has 0 spiro atoms. The van der Waals surface area contributed by atoms with Crippen LogP contribution >= 0.6 is 0 Å². The molecule has 0 aliphatic carbocycles. The van der Waals surface area contributed by atoms with Crippen LogP contribution in [0.3, 0.4) is 0 Å². The molecule has 0 aromatic rings. The topological polar surface area (TPSA) is 46.5 Å². The second kappa shape index (κ2) is 3.83. The zero-order valence-corrected chi connectivity index (χ0v) is 7.51. The highest BCUT2D eigenvalue weighted by Gasteiger charge is 2.46. The van der Waals surface area contributed by atoms with Crippen molar-refractivity contribution >= 4 is 5.97 Å². The summed E-state index contributed by atoms with van der Waals surface area (Å²) in [5, 5.41) is 8.96. The largest absolute Gasteiger partial charge is 0.456 e. The van der Waals surface area contributed by atoms with Crippen molar-refractivity contribution in [2.75, 3.05) is 6.61 Å². The van der Waals surface area contributed by atoms with Crippen LogP contribution in [0, 0.1) is 0 Å². The summed E-state index contributed by atoms with van der Waals surface area (Å²) in [6.45, 7) is 3.77. The van der Waals surface area contributed by atoms with Gasteiger partial charge in [0.05, 0.1) is 0 Å². The lowest BCUT2D eigenvalue weighted by atomic mass is 10.0. The number of carbonyl (C=O) groups is 1. The molecule has 0 saturated carbocycles. The third kappa shape index (κ3) is 3.50. The molecule has 3 nitrogen and oxygen atoms in total. The lowest BCUT2D eigenvalue weighted by Gasteiger charge is -2.27. The van der Waals surface area contributed by atoms with Gasteiger partial charge in [-0.25, -0.2) is 4.79 Å². The first kappa shape index (κ1) is 12.0. The molecular formula is C8H12F2O3. The molecule has 1 N–H and O–H groups in total. The van der Waals surface area contributed by atoms with Crippen LogP contribution in [0.4, 0.5) is 8.78 Å². The second-order valence-electron chi connectivity index (χ2n) is 3.08. The van der Waals surface area contributed by atoms with Gasteiger partial charge in [-0.2, -0.15) is 8.78 Å². The summed E-state index contributed by atoms with van der Waals surface area (Å²) in [5.74, 6) is -4.41. The number of esters is 1. The number of rotatable bonds is 4. The Morgan fingerprint density at radius 3 is 2.38 bits per heavy atom. The van der Waals surface area contributed by atoms with E-state index in [9.17, 15) is 13.6 Å². The summed E-state index contributed by atoms with van der Waals surface area (Å²) in [6.07, 6.45) is 0.778. The van der Waals surface area contributed by atoms with Gasteiger partial charge in [0.25, 0.3) is 0 Å². The van der Waals surface area contributed by atoms with Crippen LogP contribution in [0.1, 0.15) is 13.8 Å². The first-order valence-corrected chi connectivity index (χ1v) is 3.60. The molecule has 0 heterocycles. The van der Waals surface area contributed by atoms with Gasteiger partial charge in [-0.3, -0.25) is 0 Å². The van der Waals surface area contributed by atoms with Crippen LogP contribution in [0.2, 0.25) is 0 Å². The van der Waals surface area contributed by atoms with Gasteiger partial charge >= 0.3 is 11.9 Å². The Bertz CT molecular complexity index is 206. The molecule has 0 aromatic heterocycles. The monoisotopic (exact) mass is 194 g/mol. The molecule has 0 radical (unpaired) electrons. The van der Waals surface area contributed by atoms with E-state index in [1.165, 1.54) is 0 Å². The molecule has 0 unspecified atom stereocenters. The van der Waals surface area contributed by atoms with Crippen molar-refractivity contribution in [2.24, 2.45) is 0 Å². The van der Waals surface area contributed by atoms with Gasteiger partial charge in [-0.15, -0.1) is 0 Å². The van der Waals surface area contributed by atoms with Crippen LogP contribution < -0.4 is 0 Å². The van der Waals surface area contributed by atoms with E-state index < -0.39 is 24.1 Å². The Morgan fingerprint density at radius 2 is 2.08 bits per heavy atom. The van der Waals surface area contributed by atoms with Gasteiger partial charge in [0.2, 0.25) is 0 Å². The molecule has 5 heteroatoms. The Kier molecular flexibility index (Phi) is 3.54. The smallest absolute Gasteiger partial charge is 0.330 e. The number of hydrogen-bond acceptors (Lipinski definition) is 3. The number of alkyl halides is 2. The predicted molar refractivity (Wildman–Crippen MR) is 42.4 cm³/mol. The molecule has 0 amide bonds. The molecule has 0 rings (SSSR count). The first-order valence-electron chi connectivity index (χ1n) is 3.60. The number of aliphatic hydroxyl groups is 1. The van der Waals surface area contributed by atoms with Crippen LogP contribution in [0.5, 0.6) is 0 Å². The van der Waals surface area contributed by atoms with E-state index in [1.54, 1.807) is 0 Å². The number of hydrogen-bond donors (Lipinski definition) is 1. The fourth-order valence-electron chi connectivity index (χ4n) is 0.397. The van der Waals surface area contributed by atoms with Gasteiger partial charge in [0, 0.05) is 6.08 Å². The average molecular weight is 194 g/mol. The molecular weight excluding hydrogens is 182 g/mol. The Balaban J connectivity index is 4.19. The van der Waals surface area contributed by atoms with Crippen LogP contribution in [0.15, 0.2) is 12.7 Å². The van der Waals surface area contributed by atoms with Crippen molar-refractivity contribution in [1.82, 2.24) is 0 Å². The van der Waals surface area contributed by atoms with E-state index >= 15 is 0 Å². The molecule has 0 bridgehead atoms. The van der Waals surface area contributed by atoms with Gasteiger partial charge in [-0.1, -0.05) is 6.58 Å². The summed E-state index contributed by atoms with van der Waals surface area (Å²) in [7, 11) is 0. The number of ether oxygens (including phenoxy) is 1. The van der Waals surface area contributed by atoms with E-state index in [1.807, 2.05) is 0 Å². The van der Waals surface area contributed by atoms with E-state index in [0.29, 0.717) is 0 Å². The average Bonchev–Trinajstić information content (AvgIpc) is 1.98. The molecule has 76 valence electrons. The van der Waals surface area contributed by atoms with E-state index in [4.69, 9.17) is 5.11 Å². The zero-order chi connectivity index (χ0) is 10.7. The quantitative estimate of drug-likeness (QED) is 0.539. The van der Waals surface area contributed by atoms with Crippen molar-refractivity contribution in [3.05, 3.63) is 12.7 Å². The van der Waals surface area contributed by atoms with Crippen molar-refractivity contribution in [3.63, 3.8) is 0 Å². The molecule has 0 aliphatic heterocycles. The van der Waals surface area contributed by atoms with Gasteiger partial charge in [0.1, 0.15) is 5.60 Å². The lowest BCUT2D eigenvalue weighted by molar-refractivity contribution is -0.194. The summed E-state index contributed by atoms with van der Waals surface area (Å²) in [6, 6.07) is 0. The molecule has 0 aromatic carbocycles. The maximum Gasteiger partial charge on any atom is 0.330 e.